The zero-order valence-electron chi connectivity index (χ0n) is 14.1. The van der Waals surface area contributed by atoms with E-state index in [4.69, 9.17) is 21.6 Å². The van der Waals surface area contributed by atoms with Gasteiger partial charge in [0.1, 0.15) is 17.3 Å². The molecule has 1 aromatic heterocycles. The number of carbonyl (C=O) groups is 1. The molecule has 3 rings (SSSR count). The van der Waals surface area contributed by atoms with Gasteiger partial charge in [0, 0.05) is 5.56 Å². The highest BCUT2D eigenvalue weighted by atomic mass is 35.5. The molecule has 6 heteroatoms. The van der Waals surface area contributed by atoms with Gasteiger partial charge in [-0.25, -0.2) is 9.48 Å². The fourth-order valence-corrected chi connectivity index (χ4v) is 2.93. The van der Waals surface area contributed by atoms with Crippen LogP contribution in [0.3, 0.4) is 0 Å². The lowest BCUT2D eigenvalue weighted by atomic mass is 10.1. The Morgan fingerprint density at radius 3 is 2.62 bits per heavy atom. The Hall–Kier alpha value is -3.10. The number of nitriles is 1. The number of aromatic nitrogens is 2. The maximum atomic E-state index is 12.5. The van der Waals surface area contributed by atoms with Gasteiger partial charge >= 0.3 is 5.97 Å². The van der Waals surface area contributed by atoms with Crippen LogP contribution in [0.15, 0.2) is 54.6 Å². The topological polar surface area (TPSA) is 67.9 Å². The van der Waals surface area contributed by atoms with Gasteiger partial charge in [0.05, 0.1) is 23.9 Å². The van der Waals surface area contributed by atoms with E-state index < -0.39 is 5.97 Å². The van der Waals surface area contributed by atoms with E-state index in [1.807, 2.05) is 30.3 Å². The van der Waals surface area contributed by atoms with Crippen molar-refractivity contribution in [1.82, 2.24) is 9.78 Å². The first-order chi connectivity index (χ1) is 12.6. The Morgan fingerprint density at radius 2 is 1.88 bits per heavy atom. The molecule has 0 spiro atoms. The first-order valence-corrected chi connectivity index (χ1v) is 8.40. The van der Waals surface area contributed by atoms with Crippen LogP contribution in [-0.2, 0) is 17.9 Å². The van der Waals surface area contributed by atoms with Crippen molar-refractivity contribution >= 4 is 17.6 Å². The van der Waals surface area contributed by atoms with Crippen LogP contribution in [0.4, 0.5) is 0 Å². The van der Waals surface area contributed by atoms with Crippen LogP contribution in [0.2, 0.25) is 5.15 Å². The minimum atomic E-state index is -0.556. The number of aryl methyl sites for hydroxylation is 1. The molecule has 2 aromatic carbocycles. The molecule has 0 aliphatic carbocycles. The Morgan fingerprint density at radius 1 is 1.19 bits per heavy atom. The van der Waals surface area contributed by atoms with Crippen molar-refractivity contribution in [2.75, 3.05) is 0 Å². The Labute approximate surface area is 156 Å². The second-order valence-electron chi connectivity index (χ2n) is 5.74. The zero-order chi connectivity index (χ0) is 18.5. The number of ether oxygens (including phenoxy) is 1. The molecule has 0 aliphatic heterocycles. The van der Waals surface area contributed by atoms with E-state index in [1.165, 1.54) is 0 Å². The molecule has 0 bridgehead atoms. The summed E-state index contributed by atoms with van der Waals surface area (Å²) in [5.41, 5.74) is 2.90. The summed E-state index contributed by atoms with van der Waals surface area (Å²) in [4.78, 5) is 12.5. The summed E-state index contributed by atoms with van der Waals surface area (Å²) in [6.45, 7) is 2.18. The fraction of sp³-hybridized carbons (Fsp3) is 0.150. The van der Waals surface area contributed by atoms with Gasteiger partial charge in [-0.1, -0.05) is 60.1 Å². The highest BCUT2D eigenvalue weighted by molar-refractivity contribution is 6.32. The molecule has 1 heterocycles. The van der Waals surface area contributed by atoms with Gasteiger partial charge in [-0.2, -0.15) is 10.4 Å². The number of benzene rings is 2. The van der Waals surface area contributed by atoms with E-state index in [-0.39, 0.29) is 17.3 Å². The standard InChI is InChI=1S/C20H16ClN3O2/c1-14-18(19(21)24(23-14)12-15-7-3-2-4-8-15)20(25)26-13-17-10-6-5-9-16(17)11-22/h2-10H,12-13H2,1H3. The maximum absolute atomic E-state index is 12.5. The second-order valence-corrected chi connectivity index (χ2v) is 6.10. The van der Waals surface area contributed by atoms with Crippen molar-refractivity contribution < 1.29 is 9.53 Å². The van der Waals surface area contributed by atoms with E-state index in [0.29, 0.717) is 23.4 Å². The van der Waals surface area contributed by atoms with Gasteiger partial charge in [0.25, 0.3) is 0 Å². The Balaban J connectivity index is 1.76. The molecular weight excluding hydrogens is 350 g/mol. The molecule has 0 radical (unpaired) electrons. The summed E-state index contributed by atoms with van der Waals surface area (Å²) in [6, 6.07) is 18.8. The van der Waals surface area contributed by atoms with Crippen molar-refractivity contribution in [3.05, 3.63) is 87.7 Å². The average molecular weight is 366 g/mol. The van der Waals surface area contributed by atoms with Crippen LogP contribution in [0.1, 0.15) is 32.7 Å². The highest BCUT2D eigenvalue weighted by Gasteiger charge is 2.22. The molecule has 0 atom stereocenters. The monoisotopic (exact) mass is 365 g/mol. The van der Waals surface area contributed by atoms with Crippen LogP contribution in [0.5, 0.6) is 0 Å². The number of esters is 1. The number of rotatable bonds is 5. The van der Waals surface area contributed by atoms with Crippen LogP contribution >= 0.6 is 11.6 Å². The number of halogens is 1. The van der Waals surface area contributed by atoms with E-state index in [0.717, 1.165) is 5.56 Å². The number of hydrogen-bond donors (Lipinski definition) is 0. The first-order valence-electron chi connectivity index (χ1n) is 8.02. The largest absolute Gasteiger partial charge is 0.457 e. The van der Waals surface area contributed by atoms with E-state index >= 15 is 0 Å². The lowest BCUT2D eigenvalue weighted by Gasteiger charge is -2.07. The number of nitrogens with zero attached hydrogens (tertiary/aromatic N) is 3. The van der Waals surface area contributed by atoms with Crippen molar-refractivity contribution in [2.45, 2.75) is 20.1 Å². The van der Waals surface area contributed by atoms with Gasteiger partial charge in [-0.15, -0.1) is 0 Å². The lowest BCUT2D eigenvalue weighted by Crippen LogP contribution is -2.08. The molecule has 0 unspecified atom stereocenters. The molecule has 130 valence electrons. The van der Waals surface area contributed by atoms with E-state index in [9.17, 15) is 4.79 Å². The van der Waals surface area contributed by atoms with Gasteiger partial charge in [-0.05, 0) is 18.6 Å². The van der Waals surface area contributed by atoms with Crippen LogP contribution in [-0.4, -0.2) is 15.7 Å². The zero-order valence-corrected chi connectivity index (χ0v) is 14.9. The molecule has 3 aromatic rings. The third-order valence-corrected chi connectivity index (χ3v) is 4.33. The summed E-state index contributed by atoms with van der Waals surface area (Å²) in [7, 11) is 0. The van der Waals surface area contributed by atoms with Gasteiger partial charge in [0.2, 0.25) is 0 Å². The SMILES string of the molecule is Cc1nn(Cc2ccccc2)c(Cl)c1C(=O)OCc1ccccc1C#N. The molecule has 26 heavy (non-hydrogen) atoms. The predicted molar refractivity (Wildman–Crippen MR) is 97.8 cm³/mol. The molecule has 0 N–H and O–H groups in total. The molecule has 5 nitrogen and oxygen atoms in total. The molecule has 0 fully saturated rings. The maximum Gasteiger partial charge on any atom is 0.343 e. The molecule has 0 saturated carbocycles. The van der Waals surface area contributed by atoms with Gasteiger partial charge < -0.3 is 4.74 Å². The minimum Gasteiger partial charge on any atom is -0.457 e. The van der Waals surface area contributed by atoms with Crippen molar-refractivity contribution in [1.29, 1.82) is 5.26 Å². The first kappa shape index (κ1) is 17.7. The lowest BCUT2D eigenvalue weighted by molar-refractivity contribution is 0.0471. The van der Waals surface area contributed by atoms with Crippen molar-refractivity contribution in [2.24, 2.45) is 0 Å². The summed E-state index contributed by atoms with van der Waals surface area (Å²) >= 11 is 6.36. The van der Waals surface area contributed by atoms with Gasteiger partial charge in [-0.3, -0.25) is 0 Å². The highest BCUT2D eigenvalue weighted by Crippen LogP contribution is 2.22. The minimum absolute atomic E-state index is 0.00218. The molecule has 0 aliphatic rings. The normalized spacial score (nSPS) is 10.3. The van der Waals surface area contributed by atoms with E-state index in [1.54, 1.807) is 35.9 Å². The average Bonchev–Trinajstić information content (AvgIpc) is 2.94. The Kier molecular flexibility index (Phi) is 5.35. The van der Waals surface area contributed by atoms with Crippen LogP contribution in [0, 0.1) is 18.3 Å². The van der Waals surface area contributed by atoms with Crippen molar-refractivity contribution in [3.8, 4) is 6.07 Å². The third-order valence-electron chi connectivity index (χ3n) is 3.94. The van der Waals surface area contributed by atoms with Crippen molar-refractivity contribution in [3.63, 3.8) is 0 Å². The summed E-state index contributed by atoms with van der Waals surface area (Å²) in [6.07, 6.45) is 0. The number of hydrogen-bond acceptors (Lipinski definition) is 4. The molecule has 0 saturated heterocycles. The molecular formula is C20H16ClN3O2. The second kappa shape index (κ2) is 7.85. The fourth-order valence-electron chi connectivity index (χ4n) is 2.62. The summed E-state index contributed by atoms with van der Waals surface area (Å²) < 4.78 is 6.93. The molecule has 0 amide bonds. The summed E-state index contributed by atoms with van der Waals surface area (Å²) in [5, 5.41) is 13.7. The number of carbonyl (C=O) groups excluding carboxylic acids is 1. The summed E-state index contributed by atoms with van der Waals surface area (Å²) in [5.74, 6) is -0.556. The Bertz CT molecular complexity index is 974. The predicted octanol–water partition coefficient (Wildman–Crippen LogP) is 4.12. The smallest absolute Gasteiger partial charge is 0.343 e. The van der Waals surface area contributed by atoms with E-state index in [2.05, 4.69) is 11.2 Å². The van der Waals surface area contributed by atoms with Gasteiger partial charge in [0.15, 0.2) is 0 Å². The third kappa shape index (κ3) is 3.76. The van der Waals surface area contributed by atoms with Crippen LogP contribution in [0.25, 0.3) is 0 Å². The van der Waals surface area contributed by atoms with Crippen LogP contribution < -0.4 is 0 Å². The quantitative estimate of drug-likeness (QED) is 0.638.